The Morgan fingerprint density at radius 3 is 2.44 bits per heavy atom. The third kappa shape index (κ3) is 3.79. The highest BCUT2D eigenvalue weighted by molar-refractivity contribution is 5.95. The van der Waals surface area contributed by atoms with Crippen LogP contribution >= 0.6 is 0 Å². The van der Waals surface area contributed by atoms with Crippen LogP contribution in [0.25, 0.3) is 0 Å². The number of carbonyl (C=O) groups excluding carboxylic acids is 1. The predicted octanol–water partition coefficient (Wildman–Crippen LogP) is 2.98. The molecule has 1 aliphatic rings. The standard InChI is InChI=1S/C19H20N2O4/c1-25-15-10-16(20-17(11-15)19(23)24)18(22)21(14-8-5-9-14)12-13-6-3-2-4-7-13/h2-4,6-7,10-11,14H,5,8-9,12H2,1H3,(H,23,24). The molecule has 1 aliphatic carbocycles. The van der Waals surface area contributed by atoms with Crippen molar-refractivity contribution in [2.45, 2.75) is 31.8 Å². The van der Waals surface area contributed by atoms with Gasteiger partial charge >= 0.3 is 5.97 Å². The van der Waals surface area contributed by atoms with Crippen molar-refractivity contribution in [1.29, 1.82) is 0 Å². The number of carboxylic acid groups (broad SMARTS) is 1. The molecule has 1 aromatic carbocycles. The maximum absolute atomic E-state index is 13.0. The van der Waals surface area contributed by atoms with E-state index in [2.05, 4.69) is 4.98 Å². The van der Waals surface area contributed by atoms with Gasteiger partial charge in [0.15, 0.2) is 5.69 Å². The molecule has 130 valence electrons. The summed E-state index contributed by atoms with van der Waals surface area (Å²) in [5.74, 6) is -1.15. The van der Waals surface area contributed by atoms with Gasteiger partial charge in [0, 0.05) is 24.7 Å². The second kappa shape index (κ2) is 7.34. The Hall–Kier alpha value is -2.89. The molecule has 1 heterocycles. The second-order valence-corrected chi connectivity index (χ2v) is 6.09. The van der Waals surface area contributed by atoms with Crippen LogP contribution < -0.4 is 4.74 Å². The lowest BCUT2D eigenvalue weighted by Gasteiger charge is -2.37. The zero-order valence-electron chi connectivity index (χ0n) is 14.0. The minimum absolute atomic E-state index is 0.0968. The lowest BCUT2D eigenvalue weighted by atomic mass is 9.90. The van der Waals surface area contributed by atoms with E-state index in [1.807, 2.05) is 30.3 Å². The molecule has 0 saturated heterocycles. The Bertz CT molecular complexity index is 772. The number of methoxy groups -OCH3 is 1. The van der Waals surface area contributed by atoms with Crippen molar-refractivity contribution in [2.24, 2.45) is 0 Å². The third-order valence-electron chi connectivity index (χ3n) is 4.44. The van der Waals surface area contributed by atoms with Crippen LogP contribution in [0.5, 0.6) is 5.75 Å². The van der Waals surface area contributed by atoms with Gasteiger partial charge in [-0.15, -0.1) is 0 Å². The Labute approximate surface area is 146 Å². The number of hydrogen-bond acceptors (Lipinski definition) is 4. The summed E-state index contributed by atoms with van der Waals surface area (Å²) < 4.78 is 5.12. The Morgan fingerprint density at radius 2 is 1.88 bits per heavy atom. The predicted molar refractivity (Wildman–Crippen MR) is 91.7 cm³/mol. The topological polar surface area (TPSA) is 79.7 Å². The highest BCUT2D eigenvalue weighted by atomic mass is 16.5. The maximum atomic E-state index is 13.0. The number of hydrogen-bond donors (Lipinski definition) is 1. The first kappa shape index (κ1) is 17.0. The first-order valence-corrected chi connectivity index (χ1v) is 8.22. The van der Waals surface area contributed by atoms with E-state index in [0.29, 0.717) is 12.3 Å². The van der Waals surface area contributed by atoms with Crippen molar-refractivity contribution < 1.29 is 19.4 Å². The SMILES string of the molecule is COc1cc(C(=O)O)nc(C(=O)N(Cc2ccccc2)C2CCC2)c1. The van der Waals surface area contributed by atoms with Gasteiger partial charge in [0.05, 0.1) is 7.11 Å². The zero-order valence-corrected chi connectivity index (χ0v) is 14.0. The van der Waals surface area contributed by atoms with Crippen molar-refractivity contribution >= 4 is 11.9 Å². The number of amides is 1. The van der Waals surface area contributed by atoms with E-state index in [4.69, 9.17) is 4.74 Å². The maximum Gasteiger partial charge on any atom is 0.354 e. The summed E-state index contributed by atoms with van der Waals surface area (Å²) in [6.45, 7) is 0.478. The molecule has 1 fully saturated rings. The van der Waals surface area contributed by atoms with Crippen LogP contribution in [0.3, 0.4) is 0 Å². The summed E-state index contributed by atoms with van der Waals surface area (Å²) >= 11 is 0. The summed E-state index contributed by atoms with van der Waals surface area (Å²) in [4.78, 5) is 30.1. The second-order valence-electron chi connectivity index (χ2n) is 6.09. The number of nitrogens with zero attached hydrogens (tertiary/aromatic N) is 2. The molecule has 0 aliphatic heterocycles. The van der Waals surface area contributed by atoms with Crippen LogP contribution in [-0.2, 0) is 6.54 Å². The number of benzene rings is 1. The highest BCUT2D eigenvalue weighted by Gasteiger charge is 2.30. The number of aromatic nitrogens is 1. The van der Waals surface area contributed by atoms with Crippen LogP contribution in [0.4, 0.5) is 0 Å². The molecular formula is C19H20N2O4. The largest absolute Gasteiger partial charge is 0.497 e. The van der Waals surface area contributed by atoms with Gasteiger partial charge in [-0.25, -0.2) is 9.78 Å². The van der Waals surface area contributed by atoms with Crippen LogP contribution in [0.1, 0.15) is 45.8 Å². The van der Waals surface area contributed by atoms with Gasteiger partial charge in [-0.3, -0.25) is 4.79 Å². The Morgan fingerprint density at radius 1 is 1.20 bits per heavy atom. The van der Waals surface area contributed by atoms with E-state index >= 15 is 0 Å². The van der Waals surface area contributed by atoms with Gasteiger partial charge < -0.3 is 14.7 Å². The first-order valence-electron chi connectivity index (χ1n) is 8.22. The molecule has 6 heteroatoms. The number of carboxylic acids is 1. The molecule has 1 N–H and O–H groups in total. The minimum atomic E-state index is -1.19. The molecule has 0 spiro atoms. The molecule has 1 amide bonds. The van der Waals surface area contributed by atoms with Crippen LogP contribution in [0, 0.1) is 0 Å². The fourth-order valence-electron chi connectivity index (χ4n) is 2.83. The van der Waals surface area contributed by atoms with Gasteiger partial charge in [-0.05, 0) is 24.8 Å². The molecule has 25 heavy (non-hydrogen) atoms. The van der Waals surface area contributed by atoms with Crippen molar-refractivity contribution in [3.8, 4) is 5.75 Å². The lowest BCUT2D eigenvalue weighted by Crippen LogP contribution is -2.44. The van der Waals surface area contributed by atoms with Crippen molar-refractivity contribution in [1.82, 2.24) is 9.88 Å². The van der Waals surface area contributed by atoms with Crippen molar-refractivity contribution in [2.75, 3.05) is 7.11 Å². The monoisotopic (exact) mass is 340 g/mol. The van der Waals surface area contributed by atoms with E-state index in [1.54, 1.807) is 4.90 Å². The van der Waals surface area contributed by atoms with E-state index in [9.17, 15) is 14.7 Å². The minimum Gasteiger partial charge on any atom is -0.497 e. The molecular weight excluding hydrogens is 320 g/mol. The fraction of sp³-hybridized carbons (Fsp3) is 0.316. The van der Waals surface area contributed by atoms with Gasteiger partial charge in [0.2, 0.25) is 0 Å². The molecule has 1 saturated carbocycles. The molecule has 2 aromatic rings. The fourth-order valence-corrected chi connectivity index (χ4v) is 2.83. The van der Waals surface area contributed by atoms with Crippen LogP contribution in [-0.4, -0.2) is 40.0 Å². The molecule has 1 aromatic heterocycles. The van der Waals surface area contributed by atoms with Crippen LogP contribution in [0.15, 0.2) is 42.5 Å². The van der Waals surface area contributed by atoms with Crippen molar-refractivity contribution in [3.05, 3.63) is 59.4 Å². The smallest absolute Gasteiger partial charge is 0.354 e. The molecule has 0 bridgehead atoms. The summed E-state index contributed by atoms with van der Waals surface area (Å²) in [6.07, 6.45) is 3.00. The molecule has 3 rings (SSSR count). The average molecular weight is 340 g/mol. The first-order chi connectivity index (χ1) is 12.1. The molecule has 0 radical (unpaired) electrons. The van der Waals surface area contributed by atoms with Gasteiger partial charge in [0.25, 0.3) is 5.91 Å². The summed E-state index contributed by atoms with van der Waals surface area (Å²) in [6, 6.07) is 12.7. The van der Waals surface area contributed by atoms with E-state index < -0.39 is 5.97 Å². The van der Waals surface area contributed by atoms with E-state index in [1.165, 1.54) is 19.2 Å². The quantitative estimate of drug-likeness (QED) is 0.874. The molecule has 0 unspecified atom stereocenters. The normalized spacial score (nSPS) is 13.8. The third-order valence-corrected chi connectivity index (χ3v) is 4.44. The highest BCUT2D eigenvalue weighted by Crippen LogP contribution is 2.28. The van der Waals surface area contributed by atoms with Crippen LogP contribution in [0.2, 0.25) is 0 Å². The Balaban J connectivity index is 1.92. The van der Waals surface area contributed by atoms with Crippen molar-refractivity contribution in [3.63, 3.8) is 0 Å². The number of aromatic carboxylic acids is 1. The summed E-state index contributed by atoms with van der Waals surface area (Å²) in [5, 5.41) is 9.21. The number of ether oxygens (including phenoxy) is 1. The molecule has 6 nitrogen and oxygen atoms in total. The summed E-state index contributed by atoms with van der Waals surface area (Å²) in [7, 11) is 1.43. The summed E-state index contributed by atoms with van der Waals surface area (Å²) in [5.41, 5.74) is 0.930. The molecule has 0 atom stereocenters. The lowest BCUT2D eigenvalue weighted by molar-refractivity contribution is 0.0550. The van der Waals surface area contributed by atoms with E-state index in [0.717, 1.165) is 24.8 Å². The van der Waals surface area contributed by atoms with Gasteiger partial charge in [0.1, 0.15) is 11.4 Å². The average Bonchev–Trinajstić information content (AvgIpc) is 2.59. The number of pyridine rings is 1. The Kier molecular flexibility index (Phi) is 4.97. The number of carbonyl (C=O) groups is 2. The van der Waals surface area contributed by atoms with E-state index in [-0.39, 0.29) is 23.3 Å². The zero-order chi connectivity index (χ0) is 17.8. The van der Waals surface area contributed by atoms with Gasteiger partial charge in [-0.2, -0.15) is 0 Å². The number of rotatable bonds is 6. The van der Waals surface area contributed by atoms with Gasteiger partial charge in [-0.1, -0.05) is 30.3 Å².